The van der Waals surface area contributed by atoms with Crippen LogP contribution in [-0.4, -0.2) is 24.1 Å². The molecule has 1 aromatic carbocycles. The van der Waals surface area contributed by atoms with Gasteiger partial charge in [-0.25, -0.2) is 4.39 Å². The number of carbonyl (C=O) groups excluding carboxylic acids is 1. The zero-order valence-electron chi connectivity index (χ0n) is 11.7. The highest BCUT2D eigenvalue weighted by atomic mass is 19.1. The van der Waals surface area contributed by atoms with E-state index in [0.29, 0.717) is 17.7 Å². The summed E-state index contributed by atoms with van der Waals surface area (Å²) < 4.78 is 24.5. The summed E-state index contributed by atoms with van der Waals surface area (Å²) in [7, 11) is 1.64. The minimum absolute atomic E-state index is 0.0878. The lowest BCUT2D eigenvalue weighted by atomic mass is 9.83. The van der Waals surface area contributed by atoms with Crippen LogP contribution in [0.25, 0.3) is 0 Å². The Balaban J connectivity index is 2.30. The molecule has 0 fully saturated rings. The number of carbonyl (C=O) groups is 1. The van der Waals surface area contributed by atoms with Crippen LogP contribution >= 0.6 is 0 Å². The molecule has 1 aliphatic rings. The van der Waals surface area contributed by atoms with Gasteiger partial charge in [0.15, 0.2) is 5.78 Å². The van der Waals surface area contributed by atoms with E-state index in [0.717, 1.165) is 0 Å². The van der Waals surface area contributed by atoms with Gasteiger partial charge in [0, 0.05) is 13.5 Å². The molecule has 0 spiro atoms. The van der Waals surface area contributed by atoms with Crippen molar-refractivity contribution in [2.45, 2.75) is 44.8 Å². The summed E-state index contributed by atoms with van der Waals surface area (Å²) in [5, 5.41) is 0. The second-order valence-electron chi connectivity index (χ2n) is 5.93. The Bertz CT molecular complexity index is 510. The molecule has 4 heteroatoms. The molecule has 3 nitrogen and oxygen atoms in total. The van der Waals surface area contributed by atoms with E-state index in [1.807, 2.05) is 20.8 Å². The van der Waals surface area contributed by atoms with Crippen LogP contribution in [0.4, 0.5) is 4.39 Å². The normalized spacial score (nSPS) is 22.9. The third-order valence-electron chi connectivity index (χ3n) is 3.49. The first kappa shape index (κ1) is 14.0. The first-order chi connectivity index (χ1) is 8.75. The maximum atomic E-state index is 13.2. The second-order valence-corrected chi connectivity index (χ2v) is 5.93. The van der Waals surface area contributed by atoms with E-state index in [4.69, 9.17) is 9.47 Å². The molecule has 1 atom stereocenters. The van der Waals surface area contributed by atoms with Crippen molar-refractivity contribution in [2.24, 2.45) is 0 Å². The molecule has 0 saturated carbocycles. The number of rotatable bonds is 3. The molecule has 2 rings (SSSR count). The molecule has 0 aliphatic carbocycles. The number of halogens is 1. The van der Waals surface area contributed by atoms with Crippen LogP contribution in [0.2, 0.25) is 0 Å². The summed E-state index contributed by atoms with van der Waals surface area (Å²) in [5.74, 6) is -0.0567. The van der Waals surface area contributed by atoms with Gasteiger partial charge in [-0.3, -0.25) is 4.79 Å². The number of Topliss-reactive ketones (excluding diaryl/α,β-unsaturated/α-hetero) is 1. The maximum absolute atomic E-state index is 13.2. The number of hydrogen-bond acceptors (Lipinski definition) is 3. The number of methoxy groups -OCH3 is 1. The number of hydrogen-bond donors (Lipinski definition) is 0. The van der Waals surface area contributed by atoms with Gasteiger partial charge in [-0.2, -0.15) is 0 Å². The molecular formula is C15H19FO3. The van der Waals surface area contributed by atoms with Gasteiger partial charge >= 0.3 is 0 Å². The van der Waals surface area contributed by atoms with Crippen LogP contribution in [-0.2, 0) is 4.74 Å². The van der Waals surface area contributed by atoms with E-state index >= 15 is 0 Å². The second kappa shape index (κ2) is 4.60. The highest BCUT2D eigenvalue weighted by molar-refractivity contribution is 6.00. The SMILES string of the molecule is COC(C)(C)CC1(C)CC(=O)c2cc(F)ccc2O1. The van der Waals surface area contributed by atoms with Crippen molar-refractivity contribution < 1.29 is 18.7 Å². The van der Waals surface area contributed by atoms with Crippen LogP contribution in [0.3, 0.4) is 0 Å². The molecule has 0 saturated heterocycles. The van der Waals surface area contributed by atoms with E-state index in [-0.39, 0.29) is 17.8 Å². The maximum Gasteiger partial charge on any atom is 0.170 e. The van der Waals surface area contributed by atoms with Gasteiger partial charge in [0.1, 0.15) is 17.2 Å². The first-order valence-corrected chi connectivity index (χ1v) is 6.32. The van der Waals surface area contributed by atoms with Gasteiger partial charge in [0.05, 0.1) is 17.6 Å². The minimum Gasteiger partial charge on any atom is -0.486 e. The first-order valence-electron chi connectivity index (χ1n) is 6.32. The number of ketones is 1. The van der Waals surface area contributed by atoms with E-state index in [2.05, 4.69) is 0 Å². The summed E-state index contributed by atoms with van der Waals surface area (Å²) in [6.45, 7) is 5.79. The van der Waals surface area contributed by atoms with Crippen LogP contribution in [0.1, 0.15) is 44.0 Å². The van der Waals surface area contributed by atoms with Gasteiger partial charge in [-0.05, 0) is 39.0 Å². The van der Waals surface area contributed by atoms with Crippen molar-refractivity contribution in [1.29, 1.82) is 0 Å². The molecule has 19 heavy (non-hydrogen) atoms. The lowest BCUT2D eigenvalue weighted by Crippen LogP contribution is -2.45. The molecule has 1 heterocycles. The Kier molecular flexibility index (Phi) is 3.39. The zero-order chi connectivity index (χ0) is 14.3. The summed E-state index contributed by atoms with van der Waals surface area (Å²) >= 11 is 0. The lowest BCUT2D eigenvalue weighted by Gasteiger charge is -2.39. The highest BCUT2D eigenvalue weighted by Gasteiger charge is 2.40. The number of ether oxygens (including phenoxy) is 2. The molecule has 0 radical (unpaired) electrons. The smallest absolute Gasteiger partial charge is 0.170 e. The summed E-state index contributed by atoms with van der Waals surface area (Å²) in [4.78, 5) is 12.1. The predicted octanol–water partition coefficient (Wildman–Crippen LogP) is 3.36. The molecule has 0 N–H and O–H groups in total. The molecule has 1 unspecified atom stereocenters. The van der Waals surface area contributed by atoms with Crippen molar-refractivity contribution in [3.8, 4) is 5.75 Å². The van der Waals surface area contributed by atoms with Crippen LogP contribution in [0.5, 0.6) is 5.75 Å². The molecule has 104 valence electrons. The Labute approximate surface area is 112 Å². The van der Waals surface area contributed by atoms with E-state index in [1.54, 1.807) is 7.11 Å². The van der Waals surface area contributed by atoms with Gasteiger partial charge in [0.2, 0.25) is 0 Å². The fourth-order valence-corrected chi connectivity index (χ4v) is 2.62. The quantitative estimate of drug-likeness (QED) is 0.841. The van der Waals surface area contributed by atoms with Gasteiger partial charge in [0.25, 0.3) is 0 Å². The topological polar surface area (TPSA) is 35.5 Å². The van der Waals surface area contributed by atoms with E-state index in [1.165, 1.54) is 18.2 Å². The molecular weight excluding hydrogens is 247 g/mol. The fraction of sp³-hybridized carbons (Fsp3) is 0.533. The molecule has 1 aromatic rings. The van der Waals surface area contributed by atoms with Crippen molar-refractivity contribution in [2.75, 3.05) is 7.11 Å². The van der Waals surface area contributed by atoms with Gasteiger partial charge in [-0.1, -0.05) is 0 Å². The minimum atomic E-state index is -0.624. The number of fused-ring (bicyclic) bond motifs is 1. The van der Waals surface area contributed by atoms with Crippen molar-refractivity contribution in [1.82, 2.24) is 0 Å². The third-order valence-corrected chi connectivity index (χ3v) is 3.49. The standard InChI is InChI=1S/C15H19FO3/c1-14(2,18-4)9-15(3)8-12(17)11-7-10(16)5-6-13(11)19-15/h5-7H,8-9H2,1-4H3. The Morgan fingerprint density at radius 3 is 2.79 bits per heavy atom. The molecule has 0 amide bonds. The molecule has 0 aromatic heterocycles. The summed E-state index contributed by atoms with van der Waals surface area (Å²) in [6, 6.07) is 4.05. The monoisotopic (exact) mass is 266 g/mol. The highest BCUT2D eigenvalue weighted by Crippen LogP contribution is 2.38. The molecule has 0 bridgehead atoms. The fourth-order valence-electron chi connectivity index (χ4n) is 2.62. The van der Waals surface area contributed by atoms with Crippen molar-refractivity contribution >= 4 is 5.78 Å². The summed E-state index contributed by atoms with van der Waals surface area (Å²) in [6.07, 6.45) is 0.815. The van der Waals surface area contributed by atoms with Gasteiger partial charge in [-0.15, -0.1) is 0 Å². The zero-order valence-corrected chi connectivity index (χ0v) is 11.7. The molecule has 1 aliphatic heterocycles. The Morgan fingerprint density at radius 2 is 2.16 bits per heavy atom. The average Bonchev–Trinajstić information content (AvgIpc) is 2.29. The van der Waals surface area contributed by atoms with Crippen LogP contribution in [0, 0.1) is 5.82 Å². The summed E-state index contributed by atoms with van der Waals surface area (Å²) in [5.41, 5.74) is -0.679. The van der Waals surface area contributed by atoms with Crippen LogP contribution < -0.4 is 4.74 Å². The van der Waals surface area contributed by atoms with Crippen molar-refractivity contribution in [3.05, 3.63) is 29.6 Å². The third kappa shape index (κ3) is 2.95. The largest absolute Gasteiger partial charge is 0.486 e. The lowest BCUT2D eigenvalue weighted by molar-refractivity contribution is -0.0501. The number of benzene rings is 1. The van der Waals surface area contributed by atoms with E-state index in [9.17, 15) is 9.18 Å². The van der Waals surface area contributed by atoms with Crippen LogP contribution in [0.15, 0.2) is 18.2 Å². The average molecular weight is 266 g/mol. The van der Waals surface area contributed by atoms with Gasteiger partial charge < -0.3 is 9.47 Å². The Morgan fingerprint density at radius 1 is 1.47 bits per heavy atom. The predicted molar refractivity (Wildman–Crippen MR) is 70.1 cm³/mol. The van der Waals surface area contributed by atoms with E-state index < -0.39 is 11.4 Å². The Hall–Kier alpha value is -1.42. The van der Waals surface area contributed by atoms with Crippen molar-refractivity contribution in [3.63, 3.8) is 0 Å².